The van der Waals surface area contributed by atoms with Crippen molar-refractivity contribution in [2.45, 2.75) is 6.29 Å². The number of ketones is 1. The van der Waals surface area contributed by atoms with Crippen LogP contribution in [-0.4, -0.2) is 24.0 Å². The zero-order valence-corrected chi connectivity index (χ0v) is 11.7. The minimum Gasteiger partial charge on any atom is -0.461 e. The van der Waals surface area contributed by atoms with Crippen molar-refractivity contribution < 1.29 is 18.7 Å². The van der Waals surface area contributed by atoms with Crippen molar-refractivity contribution in [2.75, 3.05) is 13.2 Å². The van der Waals surface area contributed by atoms with Crippen LogP contribution >= 0.6 is 0 Å². The predicted molar refractivity (Wildman–Crippen MR) is 78.5 cm³/mol. The molecule has 1 aliphatic rings. The summed E-state index contributed by atoms with van der Waals surface area (Å²) < 4.78 is 16.3. The molecule has 0 saturated carbocycles. The first-order chi connectivity index (χ1) is 10.8. The fourth-order valence-corrected chi connectivity index (χ4v) is 2.55. The summed E-state index contributed by atoms with van der Waals surface area (Å²) in [6.07, 6.45) is 0.864. The molecular weight excluding hydrogens is 282 g/mol. The number of pyridine rings is 1. The molecule has 1 aliphatic heterocycles. The van der Waals surface area contributed by atoms with Gasteiger partial charge in [-0.05, 0) is 24.3 Å². The van der Waals surface area contributed by atoms with Crippen LogP contribution in [0.5, 0.6) is 0 Å². The molecule has 5 heteroatoms. The lowest BCUT2D eigenvalue weighted by atomic mass is 10.0. The maximum Gasteiger partial charge on any atom is 0.230 e. The predicted octanol–water partition coefficient (Wildman–Crippen LogP) is 3.10. The number of para-hydroxylation sites is 1. The Bertz CT molecular complexity index is 820. The monoisotopic (exact) mass is 295 g/mol. The maximum atomic E-state index is 12.7. The third kappa shape index (κ3) is 2.20. The SMILES string of the molecule is O=C(c1ccco1)c1cc2ccccc2nc1C1OCCO1. The second kappa shape index (κ2) is 5.36. The summed E-state index contributed by atoms with van der Waals surface area (Å²) in [6, 6.07) is 12.8. The van der Waals surface area contributed by atoms with E-state index in [2.05, 4.69) is 4.98 Å². The van der Waals surface area contributed by atoms with E-state index in [0.29, 0.717) is 24.5 Å². The second-order valence-electron chi connectivity index (χ2n) is 4.99. The number of carbonyl (C=O) groups excluding carboxylic acids is 1. The van der Waals surface area contributed by atoms with Gasteiger partial charge < -0.3 is 13.9 Å². The molecule has 0 atom stereocenters. The molecule has 110 valence electrons. The van der Waals surface area contributed by atoms with E-state index < -0.39 is 6.29 Å². The third-order valence-electron chi connectivity index (χ3n) is 3.59. The zero-order chi connectivity index (χ0) is 14.9. The number of benzene rings is 1. The van der Waals surface area contributed by atoms with E-state index in [-0.39, 0.29) is 11.5 Å². The Kier molecular flexibility index (Phi) is 3.21. The quantitative estimate of drug-likeness (QED) is 0.695. The Balaban J connectivity index is 1.90. The molecule has 22 heavy (non-hydrogen) atoms. The molecule has 0 radical (unpaired) electrons. The van der Waals surface area contributed by atoms with Crippen LogP contribution in [0, 0.1) is 0 Å². The van der Waals surface area contributed by atoms with Gasteiger partial charge in [-0.15, -0.1) is 0 Å². The Morgan fingerprint density at radius 3 is 2.68 bits per heavy atom. The van der Waals surface area contributed by atoms with Crippen LogP contribution in [0.2, 0.25) is 0 Å². The van der Waals surface area contributed by atoms with Gasteiger partial charge in [-0.3, -0.25) is 4.79 Å². The van der Waals surface area contributed by atoms with E-state index in [1.54, 1.807) is 12.1 Å². The highest BCUT2D eigenvalue weighted by Gasteiger charge is 2.27. The van der Waals surface area contributed by atoms with Gasteiger partial charge in [-0.25, -0.2) is 4.98 Å². The van der Waals surface area contributed by atoms with Crippen molar-refractivity contribution in [3.05, 3.63) is 65.7 Å². The van der Waals surface area contributed by atoms with E-state index >= 15 is 0 Å². The third-order valence-corrected chi connectivity index (χ3v) is 3.59. The van der Waals surface area contributed by atoms with Gasteiger partial charge in [-0.1, -0.05) is 18.2 Å². The fraction of sp³-hybridized carbons (Fsp3) is 0.176. The molecule has 3 aromatic rings. The summed E-state index contributed by atoms with van der Waals surface area (Å²) >= 11 is 0. The van der Waals surface area contributed by atoms with Crippen LogP contribution in [-0.2, 0) is 9.47 Å². The van der Waals surface area contributed by atoms with Gasteiger partial charge in [0.25, 0.3) is 0 Å². The van der Waals surface area contributed by atoms with Crippen molar-refractivity contribution in [3.63, 3.8) is 0 Å². The van der Waals surface area contributed by atoms with Crippen LogP contribution < -0.4 is 0 Å². The van der Waals surface area contributed by atoms with Crippen molar-refractivity contribution in [2.24, 2.45) is 0 Å². The lowest BCUT2D eigenvalue weighted by molar-refractivity contribution is -0.0474. The van der Waals surface area contributed by atoms with Gasteiger partial charge in [0.2, 0.25) is 12.1 Å². The Morgan fingerprint density at radius 1 is 1.09 bits per heavy atom. The highest BCUT2D eigenvalue weighted by atomic mass is 16.7. The Morgan fingerprint density at radius 2 is 1.91 bits per heavy atom. The fourth-order valence-electron chi connectivity index (χ4n) is 2.55. The van der Waals surface area contributed by atoms with Crippen LogP contribution in [0.3, 0.4) is 0 Å². The number of nitrogens with zero attached hydrogens (tertiary/aromatic N) is 1. The van der Waals surface area contributed by atoms with Crippen LogP contribution in [0.15, 0.2) is 53.1 Å². The van der Waals surface area contributed by atoms with Gasteiger partial charge >= 0.3 is 0 Å². The number of furan rings is 1. The van der Waals surface area contributed by atoms with E-state index in [1.165, 1.54) is 6.26 Å². The number of ether oxygens (including phenoxy) is 2. The van der Waals surface area contributed by atoms with Crippen molar-refractivity contribution in [3.8, 4) is 0 Å². The minimum absolute atomic E-state index is 0.225. The summed E-state index contributed by atoms with van der Waals surface area (Å²) in [5.74, 6) is 0.0497. The van der Waals surface area contributed by atoms with Gasteiger partial charge in [0.15, 0.2) is 5.76 Å². The molecular formula is C17H13NO4. The molecule has 0 aliphatic carbocycles. The number of aromatic nitrogens is 1. The van der Waals surface area contributed by atoms with Crippen LogP contribution in [0.25, 0.3) is 10.9 Å². The van der Waals surface area contributed by atoms with E-state index in [4.69, 9.17) is 13.9 Å². The van der Waals surface area contributed by atoms with Crippen molar-refractivity contribution >= 4 is 16.7 Å². The van der Waals surface area contributed by atoms with E-state index in [0.717, 1.165) is 10.9 Å². The molecule has 0 unspecified atom stereocenters. The molecule has 1 saturated heterocycles. The lowest BCUT2D eigenvalue weighted by Crippen LogP contribution is -2.11. The molecule has 5 nitrogen and oxygen atoms in total. The Hall–Kier alpha value is -2.50. The largest absolute Gasteiger partial charge is 0.461 e. The molecule has 1 aromatic carbocycles. The number of fused-ring (bicyclic) bond motifs is 1. The molecule has 0 spiro atoms. The molecule has 3 heterocycles. The number of hydrogen-bond acceptors (Lipinski definition) is 5. The normalized spacial score (nSPS) is 15.5. The van der Waals surface area contributed by atoms with Gasteiger partial charge in [0.1, 0.15) is 5.69 Å². The molecule has 2 aromatic heterocycles. The van der Waals surface area contributed by atoms with Gasteiger partial charge in [-0.2, -0.15) is 0 Å². The number of carbonyl (C=O) groups is 1. The molecule has 4 rings (SSSR count). The smallest absolute Gasteiger partial charge is 0.230 e. The highest BCUT2D eigenvalue weighted by Crippen LogP contribution is 2.29. The summed E-state index contributed by atoms with van der Waals surface area (Å²) in [5, 5.41) is 0.888. The summed E-state index contributed by atoms with van der Waals surface area (Å²) in [5.41, 5.74) is 1.74. The number of rotatable bonds is 3. The van der Waals surface area contributed by atoms with E-state index in [9.17, 15) is 4.79 Å². The van der Waals surface area contributed by atoms with Crippen molar-refractivity contribution in [1.82, 2.24) is 4.98 Å². The summed E-state index contributed by atoms with van der Waals surface area (Å²) in [6.45, 7) is 0.987. The topological polar surface area (TPSA) is 61.6 Å². The van der Waals surface area contributed by atoms with Crippen LogP contribution in [0.1, 0.15) is 28.1 Å². The van der Waals surface area contributed by atoms with Crippen molar-refractivity contribution in [1.29, 1.82) is 0 Å². The number of hydrogen-bond donors (Lipinski definition) is 0. The van der Waals surface area contributed by atoms with E-state index in [1.807, 2.05) is 30.3 Å². The van der Waals surface area contributed by atoms with Gasteiger partial charge in [0, 0.05) is 5.39 Å². The van der Waals surface area contributed by atoms with Gasteiger partial charge in [0.05, 0.1) is 30.6 Å². The average Bonchev–Trinajstić information content (AvgIpc) is 3.26. The first-order valence-corrected chi connectivity index (χ1v) is 7.04. The summed E-state index contributed by atoms with van der Waals surface area (Å²) in [7, 11) is 0. The zero-order valence-electron chi connectivity index (χ0n) is 11.7. The molecule has 0 bridgehead atoms. The average molecular weight is 295 g/mol. The molecule has 0 N–H and O–H groups in total. The minimum atomic E-state index is -0.612. The first kappa shape index (κ1) is 13.2. The lowest BCUT2D eigenvalue weighted by Gasteiger charge is -2.13. The van der Waals surface area contributed by atoms with Crippen LogP contribution in [0.4, 0.5) is 0 Å². The standard InChI is InChI=1S/C17H13NO4/c19-16(14-6-3-7-20-14)12-10-11-4-1-2-5-13(11)18-15(12)17-21-8-9-22-17/h1-7,10,17H,8-9H2. The maximum absolute atomic E-state index is 12.7. The highest BCUT2D eigenvalue weighted by molar-refractivity contribution is 6.09. The second-order valence-corrected chi connectivity index (χ2v) is 4.99. The molecule has 0 amide bonds. The first-order valence-electron chi connectivity index (χ1n) is 7.04. The Labute approximate surface area is 126 Å². The molecule has 1 fully saturated rings. The summed E-state index contributed by atoms with van der Waals surface area (Å²) in [4.78, 5) is 17.3.